The van der Waals surface area contributed by atoms with E-state index in [0.717, 1.165) is 33.8 Å². The van der Waals surface area contributed by atoms with Crippen LogP contribution in [0.2, 0.25) is 0 Å². The van der Waals surface area contributed by atoms with Crippen LogP contribution in [0.3, 0.4) is 0 Å². The van der Waals surface area contributed by atoms with Gasteiger partial charge in [-0.15, -0.1) is 0 Å². The average molecular weight is 460 g/mol. The maximum Gasteiger partial charge on any atom is 0.323 e. The van der Waals surface area contributed by atoms with E-state index >= 15 is 0 Å². The molecule has 0 bridgehead atoms. The molecule has 1 saturated heterocycles. The quantitative estimate of drug-likeness (QED) is 0.434. The number of nitrogens with one attached hydrogen (secondary N) is 1. The highest BCUT2D eigenvalue weighted by molar-refractivity contribution is 8.03. The molecule has 32 heavy (non-hydrogen) atoms. The summed E-state index contributed by atoms with van der Waals surface area (Å²) in [5, 5.41) is 20.2. The molecule has 170 valence electrons. The number of fused-ring (bicyclic) bond motifs is 1. The summed E-state index contributed by atoms with van der Waals surface area (Å²) in [7, 11) is 0. The van der Waals surface area contributed by atoms with Gasteiger partial charge in [0, 0.05) is 31.3 Å². The standard InChI is InChI=1S/C21H25N5O5S/c1-3-14-11(2)18-19(22-14)23-21(24-20(18)25-8-12(27)9-25)32-13-5-4-6-15(28)26(10-17(30)31)16(29)7-13/h7,12,27H,3-6,8-10H2,1-2H3,(H,30,31)(H,22,23,24). The summed E-state index contributed by atoms with van der Waals surface area (Å²) in [5.41, 5.74) is 2.86. The molecule has 3 N–H and O–H groups in total. The van der Waals surface area contributed by atoms with Crippen LogP contribution < -0.4 is 4.90 Å². The Kier molecular flexibility index (Phi) is 6.20. The second-order valence-corrected chi connectivity index (χ2v) is 9.07. The summed E-state index contributed by atoms with van der Waals surface area (Å²) < 4.78 is 0. The maximum absolute atomic E-state index is 12.5. The number of β-amino-alcohol motifs (C(OH)–C–C–N with tert-alkyl or cyclic N) is 1. The molecular formula is C21H25N5O5S. The number of aliphatic carboxylic acids is 1. The number of aryl methyl sites for hydroxylation is 2. The molecule has 10 nitrogen and oxygen atoms in total. The van der Waals surface area contributed by atoms with E-state index in [0.29, 0.717) is 41.6 Å². The summed E-state index contributed by atoms with van der Waals surface area (Å²) in [6, 6.07) is 0. The lowest BCUT2D eigenvalue weighted by Gasteiger charge is -2.37. The number of allylic oxidation sites excluding steroid dienone is 1. The Morgan fingerprint density at radius 3 is 2.69 bits per heavy atom. The smallest absolute Gasteiger partial charge is 0.323 e. The molecule has 4 heterocycles. The SMILES string of the molecule is CCc1[nH]c2nc(SC3=CC(=O)N(CC(=O)O)C(=O)CCC3)nc(N3CC(O)C3)c2c1C. The number of aliphatic hydroxyl groups excluding tert-OH is 1. The molecule has 0 unspecified atom stereocenters. The fraction of sp³-hybridized carbons (Fsp3) is 0.476. The zero-order valence-corrected chi connectivity index (χ0v) is 18.7. The topological polar surface area (TPSA) is 140 Å². The number of aromatic nitrogens is 3. The van der Waals surface area contributed by atoms with Crippen LogP contribution >= 0.6 is 11.8 Å². The number of carbonyl (C=O) groups is 3. The molecule has 2 aliphatic rings. The van der Waals surface area contributed by atoms with Crippen molar-refractivity contribution >= 4 is 46.4 Å². The third kappa shape index (κ3) is 4.35. The van der Waals surface area contributed by atoms with Gasteiger partial charge in [0.2, 0.25) is 5.91 Å². The molecule has 0 radical (unpaired) electrons. The van der Waals surface area contributed by atoms with Crippen molar-refractivity contribution in [2.45, 2.75) is 50.8 Å². The Bertz CT molecular complexity index is 1120. The Labute approximate surface area is 188 Å². The first-order valence-corrected chi connectivity index (χ1v) is 11.3. The summed E-state index contributed by atoms with van der Waals surface area (Å²) in [6.07, 6.45) is 2.83. The van der Waals surface area contributed by atoms with Gasteiger partial charge in [-0.3, -0.25) is 19.3 Å². The first kappa shape index (κ1) is 22.3. The van der Waals surface area contributed by atoms with E-state index in [1.165, 1.54) is 17.8 Å². The minimum atomic E-state index is -1.24. The second kappa shape index (κ2) is 8.91. The van der Waals surface area contributed by atoms with Gasteiger partial charge >= 0.3 is 5.97 Å². The van der Waals surface area contributed by atoms with E-state index in [9.17, 15) is 19.5 Å². The monoisotopic (exact) mass is 459 g/mol. The van der Waals surface area contributed by atoms with Gasteiger partial charge in [-0.1, -0.05) is 18.7 Å². The minimum absolute atomic E-state index is 0.101. The van der Waals surface area contributed by atoms with Crippen LogP contribution in [0.4, 0.5) is 5.82 Å². The van der Waals surface area contributed by atoms with Crippen molar-refractivity contribution in [3.05, 3.63) is 22.2 Å². The van der Waals surface area contributed by atoms with Crippen molar-refractivity contribution in [2.75, 3.05) is 24.5 Å². The van der Waals surface area contributed by atoms with E-state index in [4.69, 9.17) is 10.1 Å². The third-order valence-corrected chi connectivity index (χ3v) is 6.61. The molecule has 0 aromatic carbocycles. The van der Waals surface area contributed by atoms with Crippen molar-refractivity contribution in [2.24, 2.45) is 0 Å². The van der Waals surface area contributed by atoms with Gasteiger partial charge in [0.1, 0.15) is 18.0 Å². The molecule has 2 amide bonds. The fourth-order valence-corrected chi connectivity index (χ4v) is 4.88. The van der Waals surface area contributed by atoms with Gasteiger partial charge < -0.3 is 20.1 Å². The molecule has 0 spiro atoms. The Balaban J connectivity index is 1.68. The number of carboxylic acids is 1. The molecule has 11 heteroatoms. The highest BCUT2D eigenvalue weighted by Gasteiger charge is 2.30. The first-order valence-electron chi connectivity index (χ1n) is 10.5. The lowest BCUT2D eigenvalue weighted by Crippen LogP contribution is -2.51. The number of carbonyl (C=O) groups excluding carboxylic acids is 2. The molecular weight excluding hydrogens is 434 g/mol. The van der Waals surface area contributed by atoms with Crippen LogP contribution in [0.5, 0.6) is 0 Å². The van der Waals surface area contributed by atoms with Crippen molar-refractivity contribution in [3.63, 3.8) is 0 Å². The molecule has 0 saturated carbocycles. The highest BCUT2D eigenvalue weighted by Crippen LogP contribution is 2.36. The van der Waals surface area contributed by atoms with Crippen molar-refractivity contribution < 1.29 is 24.6 Å². The number of thioether (sulfide) groups is 1. The van der Waals surface area contributed by atoms with Gasteiger partial charge in [-0.2, -0.15) is 0 Å². The van der Waals surface area contributed by atoms with Crippen LogP contribution in [0, 0.1) is 6.92 Å². The number of nitrogens with zero attached hydrogens (tertiary/aromatic N) is 4. The number of anilines is 1. The third-order valence-electron chi connectivity index (χ3n) is 5.66. The zero-order chi connectivity index (χ0) is 23.0. The number of hydrogen-bond acceptors (Lipinski definition) is 8. The van der Waals surface area contributed by atoms with Gasteiger partial charge in [-0.05, 0) is 36.7 Å². The number of H-pyrrole nitrogens is 1. The van der Waals surface area contributed by atoms with Gasteiger partial charge in [0.15, 0.2) is 5.16 Å². The molecule has 2 aromatic heterocycles. The zero-order valence-electron chi connectivity index (χ0n) is 17.9. The lowest BCUT2D eigenvalue weighted by molar-refractivity contribution is -0.150. The van der Waals surface area contributed by atoms with Gasteiger partial charge in [0.05, 0.1) is 11.5 Å². The van der Waals surface area contributed by atoms with Crippen LogP contribution in [0.25, 0.3) is 11.0 Å². The fourth-order valence-electron chi connectivity index (χ4n) is 3.97. The molecule has 4 rings (SSSR count). The largest absolute Gasteiger partial charge is 0.480 e. The predicted molar refractivity (Wildman–Crippen MR) is 118 cm³/mol. The van der Waals surface area contributed by atoms with Gasteiger partial charge in [-0.25, -0.2) is 9.97 Å². The number of amides is 2. The Morgan fingerprint density at radius 2 is 2.03 bits per heavy atom. The van der Waals surface area contributed by atoms with Crippen LogP contribution in [0.1, 0.15) is 37.4 Å². The summed E-state index contributed by atoms with van der Waals surface area (Å²) in [5.74, 6) is -1.62. The van der Waals surface area contributed by atoms with Crippen molar-refractivity contribution in [1.82, 2.24) is 19.9 Å². The Morgan fingerprint density at radius 1 is 1.28 bits per heavy atom. The number of rotatable bonds is 6. The number of aliphatic hydroxyl groups is 1. The van der Waals surface area contributed by atoms with E-state index in [-0.39, 0.29) is 12.5 Å². The van der Waals surface area contributed by atoms with E-state index in [2.05, 4.69) is 16.9 Å². The summed E-state index contributed by atoms with van der Waals surface area (Å²) in [4.78, 5) is 51.9. The molecule has 0 atom stereocenters. The normalized spacial score (nSPS) is 17.9. The first-order chi connectivity index (χ1) is 15.3. The van der Waals surface area contributed by atoms with Crippen LogP contribution in [0.15, 0.2) is 16.1 Å². The summed E-state index contributed by atoms with van der Waals surface area (Å²) >= 11 is 1.24. The lowest BCUT2D eigenvalue weighted by atomic mass is 10.1. The van der Waals surface area contributed by atoms with Crippen LogP contribution in [-0.2, 0) is 20.8 Å². The van der Waals surface area contributed by atoms with Crippen molar-refractivity contribution in [1.29, 1.82) is 0 Å². The molecule has 1 fully saturated rings. The number of aromatic amines is 1. The maximum atomic E-state index is 12.5. The van der Waals surface area contributed by atoms with Gasteiger partial charge in [0.25, 0.3) is 5.91 Å². The molecule has 2 aromatic rings. The van der Waals surface area contributed by atoms with E-state index < -0.39 is 24.3 Å². The predicted octanol–water partition coefficient (Wildman–Crippen LogP) is 1.61. The average Bonchev–Trinajstić information content (AvgIpc) is 3.03. The number of imide groups is 1. The minimum Gasteiger partial charge on any atom is -0.480 e. The molecule has 2 aliphatic heterocycles. The summed E-state index contributed by atoms with van der Waals surface area (Å²) in [6.45, 7) is 4.42. The number of hydrogen-bond donors (Lipinski definition) is 3. The molecule has 0 aliphatic carbocycles. The van der Waals surface area contributed by atoms with E-state index in [1.54, 1.807) is 0 Å². The Hall–Kier alpha value is -2.92. The second-order valence-electron chi connectivity index (χ2n) is 7.97. The van der Waals surface area contributed by atoms with Crippen molar-refractivity contribution in [3.8, 4) is 0 Å². The number of carboxylic acid groups (broad SMARTS) is 1. The van der Waals surface area contributed by atoms with E-state index in [1.807, 2.05) is 11.8 Å². The highest BCUT2D eigenvalue weighted by atomic mass is 32.2. The van der Waals surface area contributed by atoms with Crippen LogP contribution in [-0.4, -0.2) is 73.6 Å².